The Morgan fingerprint density at radius 3 is 2.54 bits per heavy atom. The van der Waals surface area contributed by atoms with Crippen LogP contribution in [0.25, 0.3) is 0 Å². The minimum atomic E-state index is -0.422. The molecule has 1 N–H and O–H groups in total. The average molecular weight is 412 g/mol. The summed E-state index contributed by atoms with van der Waals surface area (Å²) < 4.78 is 4.84. The topological polar surface area (TPSA) is 79.0 Å². The number of esters is 1. The van der Waals surface area contributed by atoms with Crippen LogP contribution in [0.3, 0.4) is 0 Å². The van der Waals surface area contributed by atoms with E-state index >= 15 is 0 Å². The minimum absolute atomic E-state index is 0.102. The fraction of sp³-hybridized carbons (Fsp3) is 0.850. The normalized spacial score (nSPS) is 21.9. The van der Waals surface area contributed by atoms with Gasteiger partial charge in [0.1, 0.15) is 6.54 Å². The molecule has 8 heteroatoms. The van der Waals surface area contributed by atoms with Crippen molar-refractivity contribution in [2.75, 3.05) is 38.5 Å². The predicted molar refractivity (Wildman–Crippen MR) is 109 cm³/mol. The van der Waals surface area contributed by atoms with Crippen molar-refractivity contribution >= 4 is 29.7 Å². The van der Waals surface area contributed by atoms with E-state index in [9.17, 15) is 14.4 Å². The monoisotopic (exact) mass is 411 g/mol. The first-order valence-electron chi connectivity index (χ1n) is 10.7. The molecule has 2 aliphatic heterocycles. The fourth-order valence-corrected chi connectivity index (χ4v) is 6.14. The summed E-state index contributed by atoms with van der Waals surface area (Å²) in [6.45, 7) is 3.98. The van der Waals surface area contributed by atoms with Crippen molar-refractivity contribution in [2.24, 2.45) is 5.92 Å². The molecule has 28 heavy (non-hydrogen) atoms. The zero-order valence-corrected chi connectivity index (χ0v) is 17.7. The van der Waals surface area contributed by atoms with Crippen LogP contribution in [0.2, 0.25) is 0 Å². The number of ether oxygens (including phenoxy) is 1. The largest absolute Gasteiger partial charge is 0.465 e. The highest BCUT2D eigenvalue weighted by atomic mass is 32.2. The van der Waals surface area contributed by atoms with Crippen molar-refractivity contribution in [1.29, 1.82) is 0 Å². The number of carbonyl (C=O) groups is 3. The van der Waals surface area contributed by atoms with E-state index in [1.165, 1.54) is 25.7 Å². The van der Waals surface area contributed by atoms with Crippen molar-refractivity contribution in [1.82, 2.24) is 15.1 Å². The summed E-state index contributed by atoms with van der Waals surface area (Å²) >= 11 is 1.87. The van der Waals surface area contributed by atoms with Crippen molar-refractivity contribution in [3.63, 3.8) is 0 Å². The van der Waals surface area contributed by atoms with Gasteiger partial charge < -0.3 is 19.9 Å². The minimum Gasteiger partial charge on any atom is -0.465 e. The molecule has 3 fully saturated rings. The first-order valence-corrected chi connectivity index (χ1v) is 11.7. The highest BCUT2D eigenvalue weighted by Crippen LogP contribution is 2.44. The Balaban J connectivity index is 1.46. The quantitative estimate of drug-likeness (QED) is 0.680. The van der Waals surface area contributed by atoms with E-state index in [1.54, 1.807) is 11.8 Å². The van der Waals surface area contributed by atoms with Crippen LogP contribution in [0.15, 0.2) is 0 Å². The van der Waals surface area contributed by atoms with Crippen LogP contribution in [0, 0.1) is 5.92 Å². The second kappa shape index (κ2) is 9.85. The molecule has 3 amide bonds. The second-order valence-electron chi connectivity index (χ2n) is 7.98. The van der Waals surface area contributed by atoms with Gasteiger partial charge >= 0.3 is 12.0 Å². The number of carbonyl (C=O) groups excluding carboxylic acids is 3. The van der Waals surface area contributed by atoms with E-state index < -0.39 is 5.97 Å². The molecule has 0 atom stereocenters. The van der Waals surface area contributed by atoms with E-state index in [0.29, 0.717) is 26.1 Å². The fourth-order valence-electron chi connectivity index (χ4n) is 4.67. The summed E-state index contributed by atoms with van der Waals surface area (Å²) in [4.78, 5) is 40.3. The summed E-state index contributed by atoms with van der Waals surface area (Å²) in [5.74, 6) is 1.58. The number of urea groups is 1. The van der Waals surface area contributed by atoms with Crippen molar-refractivity contribution in [2.45, 2.75) is 63.2 Å². The molecule has 1 aliphatic carbocycles. The third-order valence-corrected chi connectivity index (χ3v) is 7.79. The van der Waals surface area contributed by atoms with Crippen LogP contribution < -0.4 is 5.32 Å². The number of nitrogens with zero attached hydrogens (tertiary/aromatic N) is 2. The van der Waals surface area contributed by atoms with Gasteiger partial charge in [0.2, 0.25) is 5.91 Å². The Morgan fingerprint density at radius 2 is 1.86 bits per heavy atom. The van der Waals surface area contributed by atoms with Crippen LogP contribution in [-0.2, 0) is 14.3 Å². The number of nitrogens with one attached hydrogen (secondary N) is 1. The molecule has 0 aromatic rings. The number of rotatable bonds is 6. The highest BCUT2D eigenvalue weighted by Gasteiger charge is 2.46. The summed E-state index contributed by atoms with van der Waals surface area (Å²) in [5.41, 5.74) is 0. The van der Waals surface area contributed by atoms with E-state index in [1.807, 2.05) is 11.8 Å². The van der Waals surface area contributed by atoms with E-state index in [0.717, 1.165) is 37.5 Å². The first-order chi connectivity index (χ1) is 13.5. The Hall–Kier alpha value is -1.44. The Labute approximate surface area is 171 Å². The SMILES string of the molecule is CCOC(=O)CNC(=O)N1CCC2(CC1)SCCN2C(=O)CCC1CCCC1. The molecule has 2 saturated heterocycles. The molecule has 1 spiro atoms. The lowest BCUT2D eigenvalue weighted by Gasteiger charge is -2.44. The third-order valence-electron chi connectivity index (χ3n) is 6.24. The van der Waals surface area contributed by atoms with Crippen LogP contribution >= 0.6 is 11.8 Å². The lowest BCUT2D eigenvalue weighted by atomic mass is 9.99. The molecule has 7 nitrogen and oxygen atoms in total. The maximum atomic E-state index is 12.9. The maximum Gasteiger partial charge on any atom is 0.325 e. The van der Waals surface area contributed by atoms with Gasteiger partial charge in [-0.2, -0.15) is 0 Å². The molecule has 0 unspecified atom stereocenters. The highest BCUT2D eigenvalue weighted by molar-refractivity contribution is 8.00. The van der Waals surface area contributed by atoms with Gasteiger partial charge in [0, 0.05) is 31.8 Å². The summed E-state index contributed by atoms with van der Waals surface area (Å²) in [7, 11) is 0. The number of thioether (sulfide) groups is 1. The van der Waals surface area contributed by atoms with Gasteiger partial charge in [-0.15, -0.1) is 11.8 Å². The van der Waals surface area contributed by atoms with Gasteiger partial charge in [-0.1, -0.05) is 25.7 Å². The zero-order chi connectivity index (χ0) is 20.0. The number of piperidine rings is 1. The summed E-state index contributed by atoms with van der Waals surface area (Å²) in [6, 6.07) is -0.231. The smallest absolute Gasteiger partial charge is 0.325 e. The van der Waals surface area contributed by atoms with Gasteiger partial charge in [0.25, 0.3) is 0 Å². The molecule has 3 aliphatic rings. The zero-order valence-electron chi connectivity index (χ0n) is 16.9. The van der Waals surface area contributed by atoms with Gasteiger partial charge in [0.05, 0.1) is 11.5 Å². The first kappa shape index (κ1) is 21.3. The predicted octanol–water partition coefficient (Wildman–Crippen LogP) is 2.60. The second-order valence-corrected chi connectivity index (χ2v) is 9.44. The van der Waals surface area contributed by atoms with Crippen molar-refractivity contribution in [3.05, 3.63) is 0 Å². The van der Waals surface area contributed by atoms with E-state index in [-0.39, 0.29) is 23.4 Å². The maximum absolute atomic E-state index is 12.9. The molecule has 0 aromatic heterocycles. The van der Waals surface area contributed by atoms with Gasteiger partial charge in [0.15, 0.2) is 0 Å². The Kier molecular flexibility index (Phi) is 7.48. The Bertz CT molecular complexity index is 572. The van der Waals surface area contributed by atoms with Crippen molar-refractivity contribution in [3.8, 4) is 0 Å². The number of likely N-dealkylation sites (tertiary alicyclic amines) is 1. The van der Waals surface area contributed by atoms with Crippen LogP contribution in [-0.4, -0.2) is 71.1 Å². The number of hydrogen-bond donors (Lipinski definition) is 1. The molecule has 0 aromatic carbocycles. The van der Waals surface area contributed by atoms with Crippen LogP contribution in [0.4, 0.5) is 4.79 Å². The molecule has 158 valence electrons. The molecular formula is C20H33N3O4S. The van der Waals surface area contributed by atoms with Crippen LogP contribution in [0.1, 0.15) is 58.3 Å². The lowest BCUT2D eigenvalue weighted by Crippen LogP contribution is -2.55. The van der Waals surface area contributed by atoms with Gasteiger partial charge in [-0.05, 0) is 32.1 Å². The lowest BCUT2D eigenvalue weighted by molar-refractivity contribution is -0.142. The van der Waals surface area contributed by atoms with Crippen molar-refractivity contribution < 1.29 is 19.1 Å². The average Bonchev–Trinajstić information content (AvgIpc) is 3.35. The molecule has 3 rings (SSSR count). The number of amides is 3. The van der Waals surface area contributed by atoms with Gasteiger partial charge in [-0.25, -0.2) is 4.79 Å². The Morgan fingerprint density at radius 1 is 1.14 bits per heavy atom. The standard InChI is InChI=1S/C20H33N3O4S/c1-2-27-18(25)15-21-19(26)22-11-9-20(10-12-22)23(13-14-28-20)17(24)8-7-16-5-3-4-6-16/h16H,2-15H2,1H3,(H,21,26). The third kappa shape index (κ3) is 5.13. The molecule has 1 saturated carbocycles. The molecule has 0 bridgehead atoms. The molecule has 2 heterocycles. The van der Waals surface area contributed by atoms with E-state index in [2.05, 4.69) is 10.2 Å². The summed E-state index contributed by atoms with van der Waals surface area (Å²) in [5, 5.41) is 2.63. The molecular weight excluding hydrogens is 378 g/mol. The van der Waals surface area contributed by atoms with Gasteiger partial charge in [-0.3, -0.25) is 9.59 Å². The van der Waals surface area contributed by atoms with Crippen LogP contribution in [0.5, 0.6) is 0 Å². The van der Waals surface area contributed by atoms with E-state index in [4.69, 9.17) is 4.74 Å². The molecule has 0 radical (unpaired) electrons. The summed E-state index contributed by atoms with van der Waals surface area (Å²) in [6.07, 6.45) is 8.47. The number of hydrogen-bond acceptors (Lipinski definition) is 5.